The molecule has 1 atom stereocenters. The fraction of sp³-hybridized carbons (Fsp3) is 0.455. The Hall–Kier alpha value is -0.970. The molecule has 0 heterocycles. The molecule has 0 aliphatic rings. The van der Waals surface area contributed by atoms with Crippen molar-refractivity contribution in [2.45, 2.75) is 36.8 Å². The Morgan fingerprint density at radius 1 is 1.19 bits per heavy atom. The lowest BCUT2D eigenvalue weighted by atomic mass is 9.99. The van der Waals surface area contributed by atoms with Crippen molar-refractivity contribution in [1.29, 1.82) is 0 Å². The Balaban J connectivity index is 3.05. The summed E-state index contributed by atoms with van der Waals surface area (Å²) in [7, 11) is -4.46. The van der Waals surface area contributed by atoms with Gasteiger partial charge in [-0.3, -0.25) is 0 Å². The summed E-state index contributed by atoms with van der Waals surface area (Å²) in [5.74, 6) is -3.06. The minimum atomic E-state index is -4.46. The second-order valence-electron chi connectivity index (χ2n) is 3.68. The van der Waals surface area contributed by atoms with Gasteiger partial charge in [-0.15, -0.1) is 0 Å². The van der Waals surface area contributed by atoms with Crippen LogP contribution in [0.5, 0.6) is 0 Å². The standard InChI is InChI=1S/C11H14F2O2S/c1-3-8(2)9-4-6-10(7-5-9)16(14,15)11(12)13/h4-8,11H,3H2,1-2H3. The zero-order chi connectivity index (χ0) is 12.3. The predicted octanol–water partition coefficient (Wildman–Crippen LogP) is 3.20. The van der Waals surface area contributed by atoms with Crippen LogP contribution >= 0.6 is 0 Å². The van der Waals surface area contributed by atoms with Crippen molar-refractivity contribution < 1.29 is 17.2 Å². The molecule has 0 aliphatic carbocycles. The predicted molar refractivity (Wildman–Crippen MR) is 58.3 cm³/mol. The number of alkyl halides is 2. The normalized spacial score (nSPS) is 14.1. The number of halogens is 2. The number of sulfone groups is 1. The fourth-order valence-corrected chi connectivity index (χ4v) is 2.05. The maximum Gasteiger partial charge on any atom is 0.341 e. The summed E-state index contributed by atoms with van der Waals surface area (Å²) >= 11 is 0. The minimum absolute atomic E-state index is 0.295. The molecule has 0 N–H and O–H groups in total. The molecule has 16 heavy (non-hydrogen) atoms. The van der Waals surface area contributed by atoms with Gasteiger partial charge in [-0.05, 0) is 30.0 Å². The summed E-state index contributed by atoms with van der Waals surface area (Å²) in [5.41, 5.74) is 0.954. The van der Waals surface area contributed by atoms with Gasteiger partial charge in [0, 0.05) is 0 Å². The van der Waals surface area contributed by atoms with E-state index in [9.17, 15) is 17.2 Å². The molecule has 1 aromatic carbocycles. The second kappa shape index (κ2) is 4.91. The summed E-state index contributed by atoms with van der Waals surface area (Å²) in [6.45, 7) is 4.01. The molecule has 0 radical (unpaired) electrons. The van der Waals surface area contributed by atoms with Crippen LogP contribution in [0.3, 0.4) is 0 Å². The van der Waals surface area contributed by atoms with Crippen molar-refractivity contribution in [3.05, 3.63) is 29.8 Å². The number of hydrogen-bond acceptors (Lipinski definition) is 2. The molecule has 0 amide bonds. The van der Waals surface area contributed by atoms with Gasteiger partial charge in [0.15, 0.2) is 0 Å². The van der Waals surface area contributed by atoms with Gasteiger partial charge in [-0.1, -0.05) is 26.0 Å². The Morgan fingerprint density at radius 3 is 2.06 bits per heavy atom. The molecule has 0 saturated carbocycles. The number of rotatable bonds is 4. The van der Waals surface area contributed by atoms with Crippen LogP contribution in [-0.2, 0) is 9.84 Å². The first-order chi connectivity index (χ1) is 7.39. The van der Waals surface area contributed by atoms with Gasteiger partial charge in [0.05, 0.1) is 4.90 Å². The highest BCUT2D eigenvalue weighted by atomic mass is 32.2. The van der Waals surface area contributed by atoms with E-state index in [1.165, 1.54) is 12.1 Å². The van der Waals surface area contributed by atoms with Crippen LogP contribution in [0.25, 0.3) is 0 Å². The smallest absolute Gasteiger partial charge is 0.218 e. The van der Waals surface area contributed by atoms with Gasteiger partial charge in [0.1, 0.15) is 0 Å². The van der Waals surface area contributed by atoms with E-state index in [1.54, 1.807) is 12.1 Å². The van der Waals surface area contributed by atoms with Crippen molar-refractivity contribution >= 4 is 9.84 Å². The summed E-state index contributed by atoms with van der Waals surface area (Å²) in [6.07, 6.45) is 0.918. The molecule has 0 saturated heterocycles. The van der Waals surface area contributed by atoms with Gasteiger partial charge in [0.2, 0.25) is 9.84 Å². The van der Waals surface area contributed by atoms with E-state index in [0.717, 1.165) is 12.0 Å². The van der Waals surface area contributed by atoms with Gasteiger partial charge in [-0.2, -0.15) is 8.78 Å². The first-order valence-corrected chi connectivity index (χ1v) is 6.56. The van der Waals surface area contributed by atoms with Crippen molar-refractivity contribution in [1.82, 2.24) is 0 Å². The lowest BCUT2D eigenvalue weighted by Gasteiger charge is -2.09. The van der Waals surface area contributed by atoms with Crippen LogP contribution < -0.4 is 0 Å². The highest BCUT2D eigenvalue weighted by molar-refractivity contribution is 7.91. The zero-order valence-electron chi connectivity index (χ0n) is 9.15. The zero-order valence-corrected chi connectivity index (χ0v) is 9.97. The van der Waals surface area contributed by atoms with E-state index < -0.39 is 15.6 Å². The van der Waals surface area contributed by atoms with Crippen molar-refractivity contribution in [2.24, 2.45) is 0 Å². The molecule has 0 spiro atoms. The van der Waals surface area contributed by atoms with E-state index in [1.807, 2.05) is 13.8 Å². The molecule has 0 bridgehead atoms. The van der Waals surface area contributed by atoms with Gasteiger partial charge in [0.25, 0.3) is 0 Å². The molecule has 90 valence electrons. The lowest BCUT2D eigenvalue weighted by molar-refractivity contribution is 0.234. The molecule has 1 aromatic rings. The third-order valence-corrected chi connectivity index (χ3v) is 4.02. The lowest BCUT2D eigenvalue weighted by Crippen LogP contribution is -2.11. The Morgan fingerprint density at radius 2 is 1.69 bits per heavy atom. The molecule has 0 fully saturated rings. The molecule has 2 nitrogen and oxygen atoms in total. The third-order valence-electron chi connectivity index (χ3n) is 2.62. The summed E-state index contributed by atoms with van der Waals surface area (Å²) in [6, 6.07) is 5.65. The molecule has 1 unspecified atom stereocenters. The maximum absolute atomic E-state index is 12.2. The van der Waals surface area contributed by atoms with E-state index >= 15 is 0 Å². The average Bonchev–Trinajstić information content (AvgIpc) is 2.28. The Labute approximate surface area is 94.2 Å². The van der Waals surface area contributed by atoms with Crippen LogP contribution in [0.4, 0.5) is 8.78 Å². The van der Waals surface area contributed by atoms with E-state index in [-0.39, 0.29) is 4.90 Å². The van der Waals surface area contributed by atoms with Crippen molar-refractivity contribution in [3.8, 4) is 0 Å². The van der Waals surface area contributed by atoms with Crippen LogP contribution in [-0.4, -0.2) is 14.2 Å². The minimum Gasteiger partial charge on any atom is -0.218 e. The van der Waals surface area contributed by atoms with Crippen molar-refractivity contribution in [2.75, 3.05) is 0 Å². The number of benzene rings is 1. The molecule has 1 rings (SSSR count). The van der Waals surface area contributed by atoms with E-state index in [4.69, 9.17) is 0 Å². The van der Waals surface area contributed by atoms with Crippen LogP contribution in [0.2, 0.25) is 0 Å². The van der Waals surface area contributed by atoms with Crippen LogP contribution in [0.1, 0.15) is 31.7 Å². The first kappa shape index (κ1) is 13.1. The molecule has 0 aliphatic heterocycles. The second-order valence-corrected chi connectivity index (χ2v) is 5.60. The Bertz CT molecular complexity index is 438. The van der Waals surface area contributed by atoms with Crippen molar-refractivity contribution in [3.63, 3.8) is 0 Å². The van der Waals surface area contributed by atoms with Gasteiger partial charge < -0.3 is 0 Å². The molecule has 0 aromatic heterocycles. The molecule has 5 heteroatoms. The monoisotopic (exact) mass is 248 g/mol. The fourth-order valence-electron chi connectivity index (χ4n) is 1.32. The van der Waals surface area contributed by atoms with Crippen LogP contribution in [0, 0.1) is 0 Å². The summed E-state index contributed by atoms with van der Waals surface area (Å²) in [5, 5.41) is 0. The molecular formula is C11H14F2O2S. The quantitative estimate of drug-likeness (QED) is 0.820. The van der Waals surface area contributed by atoms with Gasteiger partial charge in [-0.25, -0.2) is 8.42 Å². The highest BCUT2D eigenvalue weighted by Gasteiger charge is 2.26. The largest absolute Gasteiger partial charge is 0.341 e. The number of hydrogen-bond donors (Lipinski definition) is 0. The first-order valence-electron chi connectivity index (χ1n) is 5.01. The maximum atomic E-state index is 12.2. The van der Waals surface area contributed by atoms with E-state index in [2.05, 4.69) is 0 Å². The summed E-state index contributed by atoms with van der Waals surface area (Å²) in [4.78, 5) is -0.324. The summed E-state index contributed by atoms with van der Waals surface area (Å²) < 4.78 is 46.7. The van der Waals surface area contributed by atoms with Crippen LogP contribution in [0.15, 0.2) is 29.2 Å². The third kappa shape index (κ3) is 2.58. The van der Waals surface area contributed by atoms with Gasteiger partial charge >= 0.3 is 5.76 Å². The Kier molecular flexibility index (Phi) is 4.02. The average molecular weight is 248 g/mol. The topological polar surface area (TPSA) is 34.1 Å². The molecular weight excluding hydrogens is 234 g/mol. The van der Waals surface area contributed by atoms with E-state index in [0.29, 0.717) is 5.92 Å². The SMILES string of the molecule is CCC(C)c1ccc(S(=O)(=O)C(F)F)cc1. The highest BCUT2D eigenvalue weighted by Crippen LogP contribution is 2.23.